The van der Waals surface area contributed by atoms with Crippen molar-refractivity contribution in [1.82, 2.24) is 0 Å². The van der Waals surface area contributed by atoms with Gasteiger partial charge in [0.1, 0.15) is 0 Å². The zero-order valence-corrected chi connectivity index (χ0v) is 9.16. The Labute approximate surface area is 86.8 Å². The highest BCUT2D eigenvalue weighted by Gasteiger charge is 2.16. The zero-order valence-electron chi connectivity index (χ0n) is 9.16. The van der Waals surface area contributed by atoms with E-state index in [1.165, 1.54) is 5.56 Å². The number of hydrogen-bond acceptors (Lipinski definition) is 1. The molecule has 0 saturated heterocycles. The van der Waals surface area contributed by atoms with Crippen LogP contribution in [0.1, 0.15) is 38.7 Å². The third kappa shape index (κ3) is 3.93. The fourth-order valence-electron chi connectivity index (χ4n) is 1.49. The standard InChI is InChI=1S/C13H20O/c1-3-13(2,14)11-7-10-12-8-5-4-6-9-12/h4-6,8-9,14H,3,7,10-11H2,1-2H3. The maximum absolute atomic E-state index is 9.80. The molecule has 0 spiro atoms. The summed E-state index contributed by atoms with van der Waals surface area (Å²) >= 11 is 0. The fourth-order valence-corrected chi connectivity index (χ4v) is 1.49. The first-order valence-corrected chi connectivity index (χ1v) is 5.40. The van der Waals surface area contributed by atoms with Crippen LogP contribution in [0, 0.1) is 0 Å². The number of rotatable bonds is 5. The van der Waals surface area contributed by atoms with Gasteiger partial charge in [-0.3, -0.25) is 0 Å². The lowest BCUT2D eigenvalue weighted by Gasteiger charge is -2.20. The molecule has 1 aromatic rings. The minimum Gasteiger partial charge on any atom is -0.390 e. The molecular formula is C13H20O. The first-order chi connectivity index (χ1) is 6.64. The van der Waals surface area contributed by atoms with Gasteiger partial charge in [-0.25, -0.2) is 0 Å². The number of hydrogen-bond donors (Lipinski definition) is 1. The second kappa shape index (κ2) is 5.16. The Bertz CT molecular complexity index is 251. The summed E-state index contributed by atoms with van der Waals surface area (Å²) in [6, 6.07) is 10.4. The molecule has 1 heteroatoms. The third-order valence-corrected chi connectivity index (χ3v) is 2.79. The van der Waals surface area contributed by atoms with Gasteiger partial charge in [0.25, 0.3) is 0 Å². The Morgan fingerprint density at radius 2 is 1.86 bits per heavy atom. The lowest BCUT2D eigenvalue weighted by atomic mass is 9.95. The molecule has 1 unspecified atom stereocenters. The predicted octanol–water partition coefficient (Wildman–Crippen LogP) is 3.17. The van der Waals surface area contributed by atoms with Gasteiger partial charge in [0.15, 0.2) is 0 Å². The molecule has 0 fully saturated rings. The topological polar surface area (TPSA) is 20.2 Å². The molecule has 0 aliphatic carbocycles. The van der Waals surface area contributed by atoms with E-state index in [1.54, 1.807) is 0 Å². The Morgan fingerprint density at radius 3 is 2.43 bits per heavy atom. The Hall–Kier alpha value is -0.820. The van der Waals surface area contributed by atoms with E-state index in [-0.39, 0.29) is 0 Å². The number of benzene rings is 1. The molecule has 0 aromatic heterocycles. The summed E-state index contributed by atoms with van der Waals surface area (Å²) in [4.78, 5) is 0. The summed E-state index contributed by atoms with van der Waals surface area (Å²) < 4.78 is 0. The highest BCUT2D eigenvalue weighted by molar-refractivity contribution is 5.14. The van der Waals surface area contributed by atoms with Gasteiger partial charge < -0.3 is 5.11 Å². The number of aliphatic hydroxyl groups is 1. The van der Waals surface area contributed by atoms with Crippen LogP contribution in [0.2, 0.25) is 0 Å². The Balaban J connectivity index is 2.29. The van der Waals surface area contributed by atoms with Crippen molar-refractivity contribution in [2.45, 2.75) is 45.1 Å². The molecule has 0 amide bonds. The zero-order chi connectivity index (χ0) is 10.4. The first-order valence-electron chi connectivity index (χ1n) is 5.40. The Kier molecular flexibility index (Phi) is 4.15. The van der Waals surface area contributed by atoms with Gasteiger partial charge in [0.2, 0.25) is 0 Å². The smallest absolute Gasteiger partial charge is 0.0617 e. The van der Waals surface area contributed by atoms with Crippen LogP contribution in [0.25, 0.3) is 0 Å². The van der Waals surface area contributed by atoms with Crippen molar-refractivity contribution in [3.05, 3.63) is 35.9 Å². The molecule has 0 bridgehead atoms. The summed E-state index contributed by atoms with van der Waals surface area (Å²) in [5.41, 5.74) is 0.883. The monoisotopic (exact) mass is 192 g/mol. The van der Waals surface area contributed by atoms with Crippen molar-refractivity contribution in [2.75, 3.05) is 0 Å². The quantitative estimate of drug-likeness (QED) is 0.759. The average Bonchev–Trinajstić information content (AvgIpc) is 2.19. The average molecular weight is 192 g/mol. The van der Waals surface area contributed by atoms with Gasteiger partial charge in [-0.15, -0.1) is 0 Å². The molecule has 0 aliphatic heterocycles. The molecule has 1 nitrogen and oxygen atoms in total. The number of aryl methyl sites for hydroxylation is 1. The summed E-state index contributed by atoms with van der Waals surface area (Å²) in [5.74, 6) is 0. The molecule has 0 heterocycles. The van der Waals surface area contributed by atoms with E-state index in [9.17, 15) is 5.11 Å². The fraction of sp³-hybridized carbons (Fsp3) is 0.538. The van der Waals surface area contributed by atoms with Gasteiger partial charge >= 0.3 is 0 Å². The largest absolute Gasteiger partial charge is 0.390 e. The van der Waals surface area contributed by atoms with E-state index in [1.807, 2.05) is 19.9 Å². The summed E-state index contributed by atoms with van der Waals surface area (Å²) in [6.45, 7) is 3.94. The van der Waals surface area contributed by atoms with Crippen LogP contribution in [-0.2, 0) is 6.42 Å². The van der Waals surface area contributed by atoms with Gasteiger partial charge in [0.05, 0.1) is 5.60 Å². The normalized spacial score (nSPS) is 15.1. The predicted molar refractivity (Wildman–Crippen MR) is 60.3 cm³/mol. The van der Waals surface area contributed by atoms with Crippen LogP contribution in [0.3, 0.4) is 0 Å². The molecular weight excluding hydrogens is 172 g/mol. The maximum atomic E-state index is 9.80. The minimum atomic E-state index is -0.477. The van der Waals surface area contributed by atoms with E-state index in [4.69, 9.17) is 0 Å². The summed E-state index contributed by atoms with van der Waals surface area (Å²) in [5, 5.41) is 9.80. The highest BCUT2D eigenvalue weighted by Crippen LogP contribution is 2.17. The minimum absolute atomic E-state index is 0.477. The van der Waals surface area contributed by atoms with Crippen LogP contribution in [0.15, 0.2) is 30.3 Å². The van der Waals surface area contributed by atoms with Gasteiger partial charge in [-0.1, -0.05) is 37.3 Å². The third-order valence-electron chi connectivity index (χ3n) is 2.79. The molecule has 1 aromatic carbocycles. The summed E-state index contributed by atoms with van der Waals surface area (Å²) in [6.07, 6.45) is 3.85. The van der Waals surface area contributed by atoms with Crippen molar-refractivity contribution in [1.29, 1.82) is 0 Å². The molecule has 1 rings (SSSR count). The maximum Gasteiger partial charge on any atom is 0.0617 e. The molecule has 0 aliphatic rings. The lowest BCUT2D eigenvalue weighted by molar-refractivity contribution is 0.0450. The van der Waals surface area contributed by atoms with E-state index in [0.717, 1.165) is 25.7 Å². The van der Waals surface area contributed by atoms with Gasteiger partial charge in [0, 0.05) is 0 Å². The van der Waals surface area contributed by atoms with Crippen molar-refractivity contribution in [3.8, 4) is 0 Å². The van der Waals surface area contributed by atoms with Gasteiger partial charge in [-0.05, 0) is 38.2 Å². The van der Waals surface area contributed by atoms with Crippen LogP contribution >= 0.6 is 0 Å². The lowest BCUT2D eigenvalue weighted by Crippen LogP contribution is -2.22. The van der Waals surface area contributed by atoms with Crippen LogP contribution in [0.5, 0.6) is 0 Å². The molecule has 1 atom stereocenters. The molecule has 78 valence electrons. The van der Waals surface area contributed by atoms with Gasteiger partial charge in [-0.2, -0.15) is 0 Å². The van der Waals surface area contributed by atoms with E-state index < -0.39 is 5.60 Å². The van der Waals surface area contributed by atoms with E-state index in [0.29, 0.717) is 0 Å². The second-order valence-corrected chi connectivity index (χ2v) is 4.19. The van der Waals surface area contributed by atoms with E-state index in [2.05, 4.69) is 24.3 Å². The van der Waals surface area contributed by atoms with Crippen molar-refractivity contribution in [2.24, 2.45) is 0 Å². The Morgan fingerprint density at radius 1 is 1.21 bits per heavy atom. The molecule has 1 N–H and O–H groups in total. The highest BCUT2D eigenvalue weighted by atomic mass is 16.3. The van der Waals surface area contributed by atoms with Crippen molar-refractivity contribution >= 4 is 0 Å². The summed E-state index contributed by atoms with van der Waals surface area (Å²) in [7, 11) is 0. The van der Waals surface area contributed by atoms with Crippen LogP contribution in [0.4, 0.5) is 0 Å². The SMILES string of the molecule is CCC(C)(O)CCCc1ccccc1. The molecule has 0 radical (unpaired) electrons. The van der Waals surface area contributed by atoms with Crippen LogP contribution < -0.4 is 0 Å². The molecule has 14 heavy (non-hydrogen) atoms. The molecule has 0 saturated carbocycles. The van der Waals surface area contributed by atoms with Crippen molar-refractivity contribution < 1.29 is 5.11 Å². The van der Waals surface area contributed by atoms with E-state index >= 15 is 0 Å². The van der Waals surface area contributed by atoms with Crippen molar-refractivity contribution in [3.63, 3.8) is 0 Å². The van der Waals surface area contributed by atoms with Crippen LogP contribution in [-0.4, -0.2) is 10.7 Å². The first kappa shape index (κ1) is 11.3. The second-order valence-electron chi connectivity index (χ2n) is 4.19.